The van der Waals surface area contributed by atoms with E-state index < -0.39 is 20.5 Å². The Morgan fingerprint density at radius 2 is 1.81 bits per heavy atom. The Balaban J connectivity index is 1.92. The SMILES string of the molecule is Cc1ccc(-c2ccc(CCCCC(C)(C(=O)NO)S(C)(=O)=O)cc2)s1. The molecule has 5 nitrogen and oxygen atoms in total. The van der Waals surface area contributed by atoms with E-state index in [4.69, 9.17) is 5.21 Å². The van der Waals surface area contributed by atoms with Gasteiger partial charge in [0.05, 0.1) is 0 Å². The molecular weight excluding hydrogens is 370 g/mol. The van der Waals surface area contributed by atoms with E-state index in [1.165, 1.54) is 33.3 Å². The van der Waals surface area contributed by atoms with E-state index in [1.807, 2.05) is 0 Å². The minimum absolute atomic E-state index is 0.171. The van der Waals surface area contributed by atoms with Gasteiger partial charge < -0.3 is 0 Å². The van der Waals surface area contributed by atoms with Crippen LogP contribution in [0, 0.1) is 6.92 Å². The number of unbranched alkanes of at least 4 members (excludes halogenated alkanes) is 1. The van der Waals surface area contributed by atoms with Crippen LogP contribution in [0.3, 0.4) is 0 Å². The molecule has 1 atom stereocenters. The third kappa shape index (κ3) is 4.72. The minimum Gasteiger partial charge on any atom is -0.289 e. The van der Waals surface area contributed by atoms with Gasteiger partial charge in [-0.25, -0.2) is 13.9 Å². The number of hydroxylamine groups is 1. The Morgan fingerprint density at radius 3 is 2.31 bits per heavy atom. The summed E-state index contributed by atoms with van der Waals surface area (Å²) in [7, 11) is -3.63. The van der Waals surface area contributed by atoms with Crippen molar-refractivity contribution in [3.63, 3.8) is 0 Å². The fraction of sp³-hybridized carbons (Fsp3) is 0.421. The smallest absolute Gasteiger partial charge is 0.264 e. The number of thiophene rings is 1. The molecule has 142 valence electrons. The number of amides is 1. The molecule has 1 aromatic heterocycles. The highest BCUT2D eigenvalue weighted by Gasteiger charge is 2.42. The van der Waals surface area contributed by atoms with Gasteiger partial charge >= 0.3 is 0 Å². The summed E-state index contributed by atoms with van der Waals surface area (Å²) in [6.07, 6.45) is 3.34. The van der Waals surface area contributed by atoms with E-state index in [-0.39, 0.29) is 6.42 Å². The predicted octanol–water partition coefficient (Wildman–Crippen LogP) is 3.75. The number of carbonyl (C=O) groups is 1. The maximum atomic E-state index is 11.9. The van der Waals surface area contributed by atoms with Crippen molar-refractivity contribution in [3.05, 3.63) is 46.8 Å². The van der Waals surface area contributed by atoms with Crippen molar-refractivity contribution in [2.24, 2.45) is 0 Å². The molecule has 0 fully saturated rings. The molecule has 1 heterocycles. The second-order valence-corrected chi connectivity index (χ2v) is 10.5. The first-order valence-electron chi connectivity index (χ1n) is 8.47. The van der Waals surface area contributed by atoms with Crippen LogP contribution in [-0.4, -0.2) is 30.5 Å². The molecule has 1 aromatic carbocycles. The minimum atomic E-state index is -3.63. The van der Waals surface area contributed by atoms with Crippen LogP contribution in [0.25, 0.3) is 10.4 Å². The van der Waals surface area contributed by atoms with Crippen LogP contribution in [0.4, 0.5) is 0 Å². The van der Waals surface area contributed by atoms with Gasteiger partial charge in [-0.1, -0.05) is 30.7 Å². The van der Waals surface area contributed by atoms with Gasteiger partial charge in [-0.05, 0) is 56.4 Å². The van der Waals surface area contributed by atoms with E-state index >= 15 is 0 Å². The van der Waals surface area contributed by atoms with Crippen molar-refractivity contribution in [2.75, 3.05) is 6.26 Å². The number of carbonyl (C=O) groups excluding carboxylic acids is 1. The van der Waals surface area contributed by atoms with Crippen molar-refractivity contribution in [3.8, 4) is 10.4 Å². The summed E-state index contributed by atoms with van der Waals surface area (Å²) >= 11 is 1.76. The predicted molar refractivity (Wildman–Crippen MR) is 105 cm³/mol. The van der Waals surface area contributed by atoms with Gasteiger partial charge in [-0.2, -0.15) is 0 Å². The third-order valence-electron chi connectivity index (χ3n) is 4.75. The lowest BCUT2D eigenvalue weighted by Crippen LogP contribution is -2.49. The molecule has 1 unspecified atom stereocenters. The summed E-state index contributed by atoms with van der Waals surface area (Å²) in [6, 6.07) is 12.6. The molecule has 0 spiro atoms. The first kappa shape index (κ1) is 20.6. The Kier molecular flexibility index (Phi) is 6.60. The molecule has 0 bridgehead atoms. The van der Waals surface area contributed by atoms with E-state index in [0.29, 0.717) is 6.42 Å². The number of benzene rings is 1. The topological polar surface area (TPSA) is 83.5 Å². The summed E-state index contributed by atoms with van der Waals surface area (Å²) in [5, 5.41) is 8.83. The van der Waals surface area contributed by atoms with Crippen LogP contribution in [0.2, 0.25) is 0 Å². The number of hydrogen-bond acceptors (Lipinski definition) is 5. The number of aryl methyl sites for hydroxylation is 2. The molecule has 1 amide bonds. The average Bonchev–Trinajstić information content (AvgIpc) is 3.03. The Bertz CT molecular complexity index is 856. The van der Waals surface area contributed by atoms with Gasteiger partial charge in [0.15, 0.2) is 9.84 Å². The number of rotatable bonds is 8. The van der Waals surface area contributed by atoms with Crippen molar-refractivity contribution in [2.45, 2.75) is 44.3 Å². The molecule has 0 aliphatic heterocycles. The van der Waals surface area contributed by atoms with Crippen LogP contribution >= 0.6 is 11.3 Å². The maximum absolute atomic E-state index is 11.9. The maximum Gasteiger partial charge on any atom is 0.264 e. The summed E-state index contributed by atoms with van der Waals surface area (Å²) < 4.78 is 22.2. The zero-order valence-electron chi connectivity index (χ0n) is 15.3. The van der Waals surface area contributed by atoms with E-state index in [2.05, 4.69) is 43.3 Å². The Morgan fingerprint density at radius 1 is 1.15 bits per heavy atom. The van der Waals surface area contributed by atoms with Crippen molar-refractivity contribution >= 4 is 27.1 Å². The second-order valence-electron chi connectivity index (χ2n) is 6.76. The van der Waals surface area contributed by atoms with Crippen LogP contribution in [0.5, 0.6) is 0 Å². The molecule has 2 rings (SSSR count). The molecule has 0 aliphatic carbocycles. The largest absolute Gasteiger partial charge is 0.289 e. The summed E-state index contributed by atoms with van der Waals surface area (Å²) in [5.74, 6) is -0.879. The lowest BCUT2D eigenvalue weighted by molar-refractivity contribution is -0.131. The summed E-state index contributed by atoms with van der Waals surface area (Å²) in [4.78, 5) is 14.3. The third-order valence-corrected chi connectivity index (χ3v) is 7.82. The van der Waals surface area contributed by atoms with E-state index in [0.717, 1.165) is 19.1 Å². The van der Waals surface area contributed by atoms with Crippen LogP contribution in [-0.2, 0) is 21.1 Å². The average molecular weight is 396 g/mol. The Labute approximate surface area is 158 Å². The van der Waals surface area contributed by atoms with E-state index in [1.54, 1.807) is 11.3 Å². The van der Waals surface area contributed by atoms with Crippen molar-refractivity contribution in [1.82, 2.24) is 5.48 Å². The molecule has 0 radical (unpaired) electrons. The molecule has 2 N–H and O–H groups in total. The number of nitrogens with one attached hydrogen (secondary N) is 1. The van der Waals surface area contributed by atoms with Crippen LogP contribution in [0.1, 0.15) is 36.6 Å². The van der Waals surface area contributed by atoms with Crippen molar-refractivity contribution < 1.29 is 18.4 Å². The molecule has 2 aromatic rings. The summed E-state index contributed by atoms with van der Waals surface area (Å²) in [6.45, 7) is 3.44. The first-order chi connectivity index (χ1) is 12.2. The lowest BCUT2D eigenvalue weighted by Gasteiger charge is -2.24. The van der Waals surface area contributed by atoms with Crippen molar-refractivity contribution in [1.29, 1.82) is 0 Å². The zero-order chi connectivity index (χ0) is 19.4. The van der Waals surface area contributed by atoms with E-state index in [9.17, 15) is 13.2 Å². The molecular formula is C19H25NO4S2. The van der Waals surface area contributed by atoms with Gasteiger partial charge in [-0.15, -0.1) is 11.3 Å². The molecule has 0 saturated carbocycles. The molecule has 7 heteroatoms. The van der Waals surface area contributed by atoms with Gasteiger partial charge in [0.1, 0.15) is 4.75 Å². The normalized spacial score (nSPS) is 14.0. The lowest BCUT2D eigenvalue weighted by atomic mass is 9.99. The highest BCUT2D eigenvalue weighted by Crippen LogP contribution is 2.28. The van der Waals surface area contributed by atoms with Gasteiger partial charge in [0.2, 0.25) is 0 Å². The zero-order valence-corrected chi connectivity index (χ0v) is 16.9. The quantitative estimate of drug-likeness (QED) is 0.405. The second kappa shape index (κ2) is 8.33. The highest BCUT2D eigenvalue weighted by atomic mass is 32.2. The van der Waals surface area contributed by atoms with Crippen LogP contribution in [0.15, 0.2) is 36.4 Å². The molecule has 0 saturated heterocycles. The van der Waals surface area contributed by atoms with Gasteiger partial charge in [0.25, 0.3) is 5.91 Å². The number of hydrogen-bond donors (Lipinski definition) is 2. The molecule has 26 heavy (non-hydrogen) atoms. The molecule has 0 aliphatic rings. The van der Waals surface area contributed by atoms with Gasteiger partial charge in [0, 0.05) is 16.0 Å². The fourth-order valence-corrected chi connectivity index (χ4v) is 4.57. The van der Waals surface area contributed by atoms with Gasteiger partial charge in [-0.3, -0.25) is 10.0 Å². The van der Waals surface area contributed by atoms with Crippen LogP contribution < -0.4 is 5.48 Å². The summed E-state index contributed by atoms with van der Waals surface area (Å²) in [5.41, 5.74) is 3.84. The first-order valence-corrected chi connectivity index (χ1v) is 11.2. The Hall–Kier alpha value is -1.70. The highest BCUT2D eigenvalue weighted by molar-refractivity contribution is 7.92. The standard InChI is InChI=1S/C19H25NO4S2/c1-14-7-12-17(25-14)16-10-8-15(9-11-16)6-4-5-13-19(2,18(21)20-22)26(3,23)24/h7-12,22H,4-6,13H2,1-3H3,(H,20,21). The number of sulfone groups is 1. The monoisotopic (exact) mass is 395 g/mol. The fourth-order valence-electron chi connectivity index (χ4n) is 2.80.